The molecule has 1 atom stereocenters. The molecule has 7 nitrogen and oxygen atoms in total. The minimum absolute atomic E-state index is 0.121. The molecule has 0 spiro atoms. The third-order valence-corrected chi connectivity index (χ3v) is 6.34. The Labute approximate surface area is 222 Å². The molecule has 0 aromatic heterocycles. The summed E-state index contributed by atoms with van der Waals surface area (Å²) in [5.74, 6) is 0.618. The van der Waals surface area contributed by atoms with E-state index < -0.39 is 17.7 Å². The first-order valence-corrected chi connectivity index (χ1v) is 13.3. The number of rotatable bonds is 8. The van der Waals surface area contributed by atoms with Gasteiger partial charge in [-0.1, -0.05) is 36.4 Å². The molecular weight excluding hydrogens is 466 g/mol. The lowest BCUT2D eigenvalue weighted by atomic mass is 9.91. The van der Waals surface area contributed by atoms with E-state index in [0.29, 0.717) is 26.1 Å². The van der Waals surface area contributed by atoms with Gasteiger partial charge in [0.1, 0.15) is 24.0 Å². The molecule has 0 N–H and O–H groups in total. The van der Waals surface area contributed by atoms with Crippen LogP contribution in [0.2, 0.25) is 0 Å². The summed E-state index contributed by atoms with van der Waals surface area (Å²) in [6.07, 6.45) is 0.142. The van der Waals surface area contributed by atoms with Crippen LogP contribution in [-0.4, -0.2) is 57.7 Å². The van der Waals surface area contributed by atoms with Gasteiger partial charge in [0, 0.05) is 25.2 Å². The van der Waals surface area contributed by atoms with Crippen molar-refractivity contribution in [2.24, 2.45) is 0 Å². The van der Waals surface area contributed by atoms with Crippen molar-refractivity contribution in [1.29, 1.82) is 0 Å². The molecule has 2 aromatic carbocycles. The van der Waals surface area contributed by atoms with E-state index in [1.165, 1.54) is 0 Å². The Morgan fingerprint density at radius 2 is 1.68 bits per heavy atom. The quantitative estimate of drug-likeness (QED) is 0.410. The number of hydrogen-bond donors (Lipinski definition) is 0. The predicted molar refractivity (Wildman–Crippen MR) is 146 cm³/mol. The topological polar surface area (TPSA) is 62.3 Å². The van der Waals surface area contributed by atoms with Crippen LogP contribution in [-0.2, 0) is 22.6 Å². The first kappa shape index (κ1) is 28.5. The summed E-state index contributed by atoms with van der Waals surface area (Å²) in [6.45, 7) is 17.2. The second kappa shape index (κ2) is 12.0. The average Bonchev–Trinajstić information content (AvgIpc) is 2.83. The molecule has 1 unspecified atom stereocenters. The first-order valence-electron chi connectivity index (χ1n) is 13.3. The molecule has 0 saturated carbocycles. The molecule has 1 aliphatic rings. The van der Waals surface area contributed by atoms with Crippen molar-refractivity contribution in [3.8, 4) is 5.75 Å². The minimum Gasteiger partial charge on any atom is -0.489 e. The highest BCUT2D eigenvalue weighted by Gasteiger charge is 2.41. The third kappa shape index (κ3) is 7.04. The first-order chi connectivity index (χ1) is 17.4. The Hall–Kier alpha value is -3.06. The predicted octanol–water partition coefficient (Wildman–Crippen LogP) is 5.98. The fraction of sp³-hybridized carbons (Fsp3) is 0.533. The van der Waals surface area contributed by atoms with Crippen molar-refractivity contribution in [3.63, 3.8) is 0 Å². The summed E-state index contributed by atoms with van der Waals surface area (Å²) >= 11 is 0. The van der Waals surface area contributed by atoms with Crippen molar-refractivity contribution >= 4 is 12.0 Å². The SMILES string of the molecule is CCN(C(=O)C1c2ccc(OCc3ccccc3)cc2CCN1C(=O)OC(C)(C)C)N(C(C)C)C(C)C. The van der Waals surface area contributed by atoms with E-state index in [1.54, 1.807) is 9.91 Å². The highest BCUT2D eigenvalue weighted by molar-refractivity contribution is 5.88. The van der Waals surface area contributed by atoms with Gasteiger partial charge in [0.2, 0.25) is 0 Å². The summed E-state index contributed by atoms with van der Waals surface area (Å²) in [4.78, 5) is 29.1. The molecule has 0 aliphatic carbocycles. The Morgan fingerprint density at radius 1 is 1.03 bits per heavy atom. The van der Waals surface area contributed by atoms with Gasteiger partial charge in [-0.2, -0.15) is 0 Å². The van der Waals surface area contributed by atoms with Crippen molar-refractivity contribution in [2.75, 3.05) is 13.1 Å². The molecule has 0 fully saturated rings. The number of amides is 2. The molecule has 0 radical (unpaired) electrons. The number of fused-ring (bicyclic) bond motifs is 1. The number of carbonyl (C=O) groups is 2. The van der Waals surface area contributed by atoms with Gasteiger partial charge in [-0.15, -0.1) is 0 Å². The lowest BCUT2D eigenvalue weighted by Crippen LogP contribution is -2.57. The van der Waals surface area contributed by atoms with Gasteiger partial charge in [-0.05, 0) is 90.6 Å². The number of benzene rings is 2. The third-order valence-electron chi connectivity index (χ3n) is 6.34. The van der Waals surface area contributed by atoms with Crippen LogP contribution in [0.15, 0.2) is 48.5 Å². The summed E-state index contributed by atoms with van der Waals surface area (Å²) in [5, 5.41) is 3.87. The maximum Gasteiger partial charge on any atom is 0.411 e. The normalized spacial score (nSPS) is 15.6. The molecule has 0 bridgehead atoms. The van der Waals surface area contributed by atoms with E-state index in [-0.39, 0.29) is 18.0 Å². The zero-order valence-corrected chi connectivity index (χ0v) is 23.7. The van der Waals surface area contributed by atoms with Crippen LogP contribution in [0.4, 0.5) is 4.79 Å². The van der Waals surface area contributed by atoms with E-state index in [9.17, 15) is 9.59 Å². The Bertz CT molecular complexity index is 1050. The highest BCUT2D eigenvalue weighted by atomic mass is 16.6. The maximum atomic E-state index is 14.2. The Kier molecular flexibility index (Phi) is 9.24. The highest BCUT2D eigenvalue weighted by Crippen LogP contribution is 2.35. The standard InChI is InChI=1S/C30H43N3O4/c1-9-32(33(21(2)3)22(4)5)28(34)27-26-16-15-25(36-20-23-13-11-10-12-14-23)19-24(26)17-18-31(27)29(35)37-30(6,7)8/h10-16,19,21-22,27H,9,17-18,20H2,1-8H3. The molecule has 3 rings (SSSR count). The van der Waals surface area contributed by atoms with Gasteiger partial charge < -0.3 is 9.47 Å². The number of nitrogens with zero attached hydrogens (tertiary/aromatic N) is 3. The molecular formula is C30H43N3O4. The van der Waals surface area contributed by atoms with Gasteiger partial charge in [-0.25, -0.2) is 9.80 Å². The van der Waals surface area contributed by atoms with Gasteiger partial charge in [0.05, 0.1) is 0 Å². The molecule has 37 heavy (non-hydrogen) atoms. The molecule has 2 aromatic rings. The van der Waals surface area contributed by atoms with Crippen molar-refractivity contribution < 1.29 is 19.1 Å². The molecule has 7 heteroatoms. The van der Waals surface area contributed by atoms with Crippen molar-refractivity contribution in [2.45, 2.75) is 92.1 Å². The largest absolute Gasteiger partial charge is 0.489 e. The zero-order chi connectivity index (χ0) is 27.3. The minimum atomic E-state index is -0.776. The maximum absolute atomic E-state index is 14.2. The molecule has 202 valence electrons. The van der Waals surface area contributed by atoms with E-state index in [1.807, 2.05) is 76.2 Å². The number of hydrazine groups is 1. The van der Waals surface area contributed by atoms with Gasteiger partial charge in [0.25, 0.3) is 5.91 Å². The lowest BCUT2D eigenvalue weighted by molar-refractivity contribution is -0.163. The van der Waals surface area contributed by atoms with Gasteiger partial charge in [0.15, 0.2) is 0 Å². The van der Waals surface area contributed by atoms with E-state index >= 15 is 0 Å². The van der Waals surface area contributed by atoms with Crippen molar-refractivity contribution in [1.82, 2.24) is 14.9 Å². The summed E-state index contributed by atoms with van der Waals surface area (Å²) < 4.78 is 11.8. The molecule has 1 aliphatic heterocycles. The summed E-state index contributed by atoms with van der Waals surface area (Å²) in [5.41, 5.74) is 2.26. The van der Waals surface area contributed by atoms with E-state index in [2.05, 4.69) is 32.7 Å². The van der Waals surface area contributed by atoms with E-state index in [4.69, 9.17) is 9.47 Å². The lowest BCUT2D eigenvalue weighted by Gasteiger charge is -2.44. The molecule has 1 heterocycles. The summed E-state index contributed by atoms with van der Waals surface area (Å²) in [7, 11) is 0. The summed E-state index contributed by atoms with van der Waals surface area (Å²) in [6, 6.07) is 15.3. The average molecular weight is 510 g/mol. The fourth-order valence-electron chi connectivity index (χ4n) is 4.95. The monoisotopic (exact) mass is 509 g/mol. The molecule has 0 saturated heterocycles. The second-order valence-corrected chi connectivity index (χ2v) is 11.1. The van der Waals surface area contributed by atoms with Crippen LogP contribution in [0.5, 0.6) is 5.75 Å². The smallest absolute Gasteiger partial charge is 0.411 e. The Morgan fingerprint density at radius 3 is 2.24 bits per heavy atom. The fourth-order valence-corrected chi connectivity index (χ4v) is 4.95. The van der Waals surface area contributed by atoms with Crippen LogP contribution in [0.25, 0.3) is 0 Å². The van der Waals surface area contributed by atoms with E-state index in [0.717, 1.165) is 22.4 Å². The van der Waals surface area contributed by atoms with Crippen LogP contribution in [0.1, 0.15) is 78.1 Å². The number of likely N-dealkylation sites (N-methyl/N-ethyl adjacent to an activating group) is 1. The number of carbonyl (C=O) groups excluding carboxylic acids is 2. The molecule has 2 amide bonds. The zero-order valence-electron chi connectivity index (χ0n) is 23.7. The van der Waals surface area contributed by atoms with Crippen LogP contribution >= 0.6 is 0 Å². The van der Waals surface area contributed by atoms with Crippen LogP contribution in [0.3, 0.4) is 0 Å². The van der Waals surface area contributed by atoms with Crippen LogP contribution < -0.4 is 4.74 Å². The number of ether oxygens (including phenoxy) is 2. The van der Waals surface area contributed by atoms with Gasteiger partial charge >= 0.3 is 6.09 Å². The van der Waals surface area contributed by atoms with Crippen LogP contribution in [0, 0.1) is 0 Å². The van der Waals surface area contributed by atoms with Crippen molar-refractivity contribution in [3.05, 3.63) is 65.2 Å². The Balaban J connectivity index is 1.97. The number of hydrogen-bond acceptors (Lipinski definition) is 5. The second-order valence-electron chi connectivity index (χ2n) is 11.1. The van der Waals surface area contributed by atoms with Gasteiger partial charge in [-0.3, -0.25) is 14.7 Å².